The molecule has 1 aliphatic heterocycles. The lowest BCUT2D eigenvalue weighted by Gasteiger charge is -2.36. The molecule has 118 valence electrons. The van der Waals surface area contributed by atoms with E-state index in [0.29, 0.717) is 18.8 Å². The van der Waals surface area contributed by atoms with Crippen molar-refractivity contribution in [1.82, 2.24) is 4.31 Å². The Labute approximate surface area is 130 Å². The van der Waals surface area contributed by atoms with Gasteiger partial charge in [0, 0.05) is 30.1 Å². The molecule has 7 heteroatoms. The van der Waals surface area contributed by atoms with E-state index in [1.807, 2.05) is 6.92 Å². The third-order valence-corrected chi connectivity index (χ3v) is 7.24. The summed E-state index contributed by atoms with van der Waals surface area (Å²) in [7, 11) is -2.08. The van der Waals surface area contributed by atoms with Gasteiger partial charge in [0.05, 0.1) is 7.11 Å². The highest BCUT2D eigenvalue weighted by Gasteiger charge is 2.36. The Balaban J connectivity index is 2.44. The van der Waals surface area contributed by atoms with Gasteiger partial charge in [-0.15, -0.1) is 0 Å². The molecule has 1 heterocycles. The molecule has 0 spiro atoms. The minimum Gasteiger partial charge on any atom is -0.495 e. The Kier molecular flexibility index (Phi) is 5.19. The summed E-state index contributed by atoms with van der Waals surface area (Å²) in [5.41, 5.74) is 6.45. The van der Waals surface area contributed by atoms with Crippen LogP contribution in [0.25, 0.3) is 0 Å². The maximum Gasteiger partial charge on any atom is 0.247 e. The van der Waals surface area contributed by atoms with Gasteiger partial charge < -0.3 is 10.5 Å². The number of hydrogen-bond donors (Lipinski definition) is 1. The molecule has 2 atom stereocenters. The Morgan fingerprint density at radius 3 is 2.76 bits per heavy atom. The molecule has 1 saturated heterocycles. The molecule has 1 fully saturated rings. The minimum atomic E-state index is -3.56. The van der Waals surface area contributed by atoms with Crippen molar-refractivity contribution in [3.8, 4) is 5.75 Å². The van der Waals surface area contributed by atoms with Crippen LogP contribution in [-0.4, -0.2) is 43.4 Å². The summed E-state index contributed by atoms with van der Waals surface area (Å²) in [5.74, 6) is 1.17. The zero-order valence-electron chi connectivity index (χ0n) is 12.6. The lowest BCUT2D eigenvalue weighted by molar-refractivity contribution is 0.336. The third kappa shape index (κ3) is 3.21. The first-order valence-corrected chi connectivity index (χ1v) is 9.41. The zero-order valence-corrected chi connectivity index (χ0v) is 14.2. The second-order valence-corrected chi connectivity index (χ2v) is 8.47. The molecule has 0 saturated carbocycles. The Bertz CT molecular complexity index is 604. The number of thioether (sulfide) groups is 1. The molecule has 1 aromatic rings. The van der Waals surface area contributed by atoms with Crippen LogP contribution < -0.4 is 10.5 Å². The fourth-order valence-corrected chi connectivity index (χ4v) is 5.56. The van der Waals surface area contributed by atoms with Crippen LogP contribution in [0.5, 0.6) is 5.75 Å². The molecule has 2 N–H and O–H groups in total. The zero-order chi connectivity index (χ0) is 15.6. The Morgan fingerprint density at radius 1 is 1.43 bits per heavy atom. The standard InChI is InChI=1S/C14H22N2O3S2/c1-10-11(2)20-7-6-16(10)21(17,18)14-5-4-12(9-15)8-13(14)19-3/h4-5,8,10-11H,6-7,9,15H2,1-3H3. The van der Waals surface area contributed by atoms with Crippen molar-refractivity contribution in [3.63, 3.8) is 0 Å². The van der Waals surface area contributed by atoms with Gasteiger partial charge in [-0.3, -0.25) is 0 Å². The topological polar surface area (TPSA) is 72.6 Å². The smallest absolute Gasteiger partial charge is 0.247 e. The van der Waals surface area contributed by atoms with E-state index in [2.05, 4.69) is 6.92 Å². The fraction of sp³-hybridized carbons (Fsp3) is 0.571. The summed E-state index contributed by atoms with van der Waals surface area (Å²) in [4.78, 5) is 0.216. The van der Waals surface area contributed by atoms with Gasteiger partial charge in [0.1, 0.15) is 10.6 Å². The number of nitrogens with zero attached hydrogens (tertiary/aromatic N) is 1. The number of hydrogen-bond acceptors (Lipinski definition) is 5. The van der Waals surface area contributed by atoms with E-state index in [9.17, 15) is 8.42 Å². The summed E-state index contributed by atoms with van der Waals surface area (Å²) in [6.07, 6.45) is 0. The molecule has 0 amide bonds. The number of rotatable bonds is 4. The second-order valence-electron chi connectivity index (χ2n) is 5.12. The Hall–Kier alpha value is -0.760. The second kappa shape index (κ2) is 6.56. The molecule has 1 aliphatic rings. The highest BCUT2D eigenvalue weighted by atomic mass is 32.2. The van der Waals surface area contributed by atoms with Gasteiger partial charge in [-0.2, -0.15) is 16.1 Å². The first-order valence-electron chi connectivity index (χ1n) is 6.92. The summed E-state index contributed by atoms with van der Waals surface area (Å²) in [6, 6.07) is 4.99. The van der Waals surface area contributed by atoms with Crippen molar-refractivity contribution in [1.29, 1.82) is 0 Å². The summed E-state index contributed by atoms with van der Waals surface area (Å²) in [5, 5.41) is 0.280. The molecule has 0 bridgehead atoms. The van der Waals surface area contributed by atoms with Crippen LogP contribution in [0.15, 0.2) is 23.1 Å². The average Bonchev–Trinajstić information content (AvgIpc) is 2.49. The van der Waals surface area contributed by atoms with Crippen LogP contribution in [0.1, 0.15) is 19.4 Å². The molecule has 0 aliphatic carbocycles. The monoisotopic (exact) mass is 330 g/mol. The van der Waals surface area contributed by atoms with Crippen LogP contribution >= 0.6 is 11.8 Å². The van der Waals surface area contributed by atoms with Crippen molar-refractivity contribution >= 4 is 21.8 Å². The number of ether oxygens (including phenoxy) is 1. The van der Waals surface area contributed by atoms with E-state index in [1.165, 1.54) is 7.11 Å². The molecule has 5 nitrogen and oxygen atoms in total. The molecule has 2 unspecified atom stereocenters. The summed E-state index contributed by atoms with van der Waals surface area (Å²) < 4.78 is 32.7. The summed E-state index contributed by atoms with van der Waals surface area (Å²) in [6.45, 7) is 4.89. The van der Waals surface area contributed by atoms with Crippen molar-refractivity contribution in [3.05, 3.63) is 23.8 Å². The predicted molar refractivity (Wildman–Crippen MR) is 86.2 cm³/mol. The summed E-state index contributed by atoms with van der Waals surface area (Å²) >= 11 is 1.80. The van der Waals surface area contributed by atoms with E-state index >= 15 is 0 Å². The van der Waals surface area contributed by atoms with Crippen molar-refractivity contribution < 1.29 is 13.2 Å². The predicted octanol–water partition coefficient (Wildman–Crippen LogP) is 1.67. The maximum absolute atomic E-state index is 12.9. The van der Waals surface area contributed by atoms with Crippen LogP contribution in [0.4, 0.5) is 0 Å². The van der Waals surface area contributed by atoms with Gasteiger partial charge in [-0.05, 0) is 24.6 Å². The van der Waals surface area contributed by atoms with E-state index < -0.39 is 10.0 Å². The molecular weight excluding hydrogens is 308 g/mol. The number of sulfonamides is 1. The fourth-order valence-electron chi connectivity index (χ4n) is 2.42. The average molecular weight is 330 g/mol. The van der Waals surface area contributed by atoms with Crippen molar-refractivity contribution in [2.45, 2.75) is 36.6 Å². The van der Waals surface area contributed by atoms with Gasteiger partial charge in [0.25, 0.3) is 0 Å². The van der Waals surface area contributed by atoms with Gasteiger partial charge >= 0.3 is 0 Å². The normalized spacial score (nSPS) is 24.0. The van der Waals surface area contributed by atoms with Crippen LogP contribution in [-0.2, 0) is 16.6 Å². The van der Waals surface area contributed by atoms with Gasteiger partial charge in [-0.25, -0.2) is 8.42 Å². The highest BCUT2D eigenvalue weighted by molar-refractivity contribution is 8.00. The molecule has 1 aromatic carbocycles. The van der Waals surface area contributed by atoms with Gasteiger partial charge in [-0.1, -0.05) is 13.0 Å². The molecule has 21 heavy (non-hydrogen) atoms. The SMILES string of the molecule is COc1cc(CN)ccc1S(=O)(=O)N1CCSC(C)C1C. The lowest BCUT2D eigenvalue weighted by Crippen LogP contribution is -2.47. The van der Waals surface area contributed by atoms with E-state index in [4.69, 9.17) is 10.5 Å². The maximum atomic E-state index is 12.9. The van der Waals surface area contributed by atoms with Gasteiger partial charge in [0.2, 0.25) is 10.0 Å². The molecule has 2 rings (SSSR count). The molecule has 0 radical (unpaired) electrons. The van der Waals surface area contributed by atoms with Gasteiger partial charge in [0.15, 0.2) is 0 Å². The molecule has 0 aromatic heterocycles. The first kappa shape index (κ1) is 16.6. The van der Waals surface area contributed by atoms with Crippen LogP contribution in [0.3, 0.4) is 0 Å². The number of methoxy groups -OCH3 is 1. The van der Waals surface area contributed by atoms with Crippen molar-refractivity contribution in [2.24, 2.45) is 5.73 Å². The van der Waals surface area contributed by atoms with E-state index in [-0.39, 0.29) is 16.2 Å². The first-order chi connectivity index (χ1) is 9.91. The largest absolute Gasteiger partial charge is 0.495 e. The third-order valence-electron chi connectivity index (χ3n) is 3.88. The number of benzene rings is 1. The van der Waals surface area contributed by atoms with Crippen molar-refractivity contribution in [2.75, 3.05) is 19.4 Å². The Morgan fingerprint density at radius 2 is 2.14 bits per heavy atom. The number of nitrogens with two attached hydrogens (primary N) is 1. The lowest BCUT2D eigenvalue weighted by atomic mass is 10.2. The van der Waals surface area contributed by atoms with E-state index in [0.717, 1.165) is 11.3 Å². The minimum absolute atomic E-state index is 0.0346. The highest BCUT2D eigenvalue weighted by Crippen LogP contribution is 2.33. The molecular formula is C14H22N2O3S2. The van der Waals surface area contributed by atoms with Crippen LogP contribution in [0, 0.1) is 0 Å². The van der Waals surface area contributed by atoms with E-state index in [1.54, 1.807) is 34.3 Å². The quantitative estimate of drug-likeness (QED) is 0.909. The van der Waals surface area contributed by atoms with Crippen LogP contribution in [0.2, 0.25) is 0 Å².